The van der Waals surface area contributed by atoms with Crippen LogP contribution in [0.5, 0.6) is 5.75 Å². The second kappa shape index (κ2) is 17.1. The molecule has 8 atom stereocenters. The summed E-state index contributed by atoms with van der Waals surface area (Å²) >= 11 is 0. The number of nitrogens with zero attached hydrogens (tertiary/aromatic N) is 4. The molecule has 16 heteroatoms. The molecular weight excluding hydrogens is 781 g/mol. The quantitative estimate of drug-likeness (QED) is 0.0936. The number of fused-ring (bicyclic) bond motifs is 6. The van der Waals surface area contributed by atoms with Gasteiger partial charge in [0.2, 0.25) is 18.2 Å². The van der Waals surface area contributed by atoms with E-state index in [9.17, 15) is 19.5 Å². The molecule has 61 heavy (non-hydrogen) atoms. The number of ether oxygens (including phenoxy) is 4. The van der Waals surface area contributed by atoms with Crippen LogP contribution in [-0.4, -0.2) is 111 Å². The number of aliphatic hydroxyl groups is 1. The number of aromatic amines is 2. The van der Waals surface area contributed by atoms with Crippen LogP contribution in [0.1, 0.15) is 83.2 Å². The van der Waals surface area contributed by atoms with Gasteiger partial charge >= 0.3 is 6.09 Å². The minimum absolute atomic E-state index is 0.0685. The van der Waals surface area contributed by atoms with E-state index in [1.165, 1.54) is 21.3 Å². The smallest absolute Gasteiger partial charge is 0.407 e. The van der Waals surface area contributed by atoms with Gasteiger partial charge < -0.3 is 49.1 Å². The Labute approximate surface area is 354 Å². The number of amides is 3. The Morgan fingerprint density at radius 3 is 2.46 bits per heavy atom. The molecule has 16 nitrogen and oxygen atoms in total. The third-order valence-electron chi connectivity index (χ3n) is 12.7. The van der Waals surface area contributed by atoms with Crippen LogP contribution >= 0.6 is 0 Å². The van der Waals surface area contributed by atoms with E-state index < -0.39 is 30.7 Å². The van der Waals surface area contributed by atoms with Gasteiger partial charge in [-0.15, -0.1) is 0 Å². The Morgan fingerprint density at radius 1 is 0.918 bits per heavy atom. The zero-order chi connectivity index (χ0) is 43.3. The fourth-order valence-corrected chi connectivity index (χ4v) is 9.27. The molecule has 2 fully saturated rings. The Hall–Kier alpha value is -5.55. The zero-order valence-corrected chi connectivity index (χ0v) is 35.9. The highest BCUT2D eigenvalue weighted by molar-refractivity contribution is 6.07. The molecule has 2 aromatic heterocycles. The molecule has 3 aromatic carbocycles. The normalized spacial score (nSPS) is 21.9. The summed E-state index contributed by atoms with van der Waals surface area (Å²) in [6.45, 7) is 10.7. The second-order valence-corrected chi connectivity index (χ2v) is 17.1. The third-order valence-corrected chi connectivity index (χ3v) is 12.7. The number of rotatable bonds is 12. The van der Waals surface area contributed by atoms with Gasteiger partial charge in [0, 0.05) is 37.8 Å². The minimum atomic E-state index is -1.25. The van der Waals surface area contributed by atoms with Gasteiger partial charge in [0.15, 0.2) is 0 Å². The maximum atomic E-state index is 13.9. The first-order valence-electron chi connectivity index (χ1n) is 21.0. The second-order valence-electron chi connectivity index (χ2n) is 17.1. The maximum Gasteiger partial charge on any atom is 0.407 e. The van der Waals surface area contributed by atoms with Crippen molar-refractivity contribution in [3.05, 3.63) is 65.9 Å². The van der Waals surface area contributed by atoms with Crippen molar-refractivity contribution in [3.63, 3.8) is 0 Å². The molecule has 3 aliphatic heterocycles. The molecule has 0 saturated carbocycles. The molecule has 3 aliphatic rings. The lowest BCUT2D eigenvalue weighted by Gasteiger charge is -2.33. The highest BCUT2D eigenvalue weighted by atomic mass is 16.6. The van der Waals surface area contributed by atoms with Crippen LogP contribution in [0.4, 0.5) is 4.79 Å². The van der Waals surface area contributed by atoms with Gasteiger partial charge in [-0.1, -0.05) is 39.0 Å². The molecule has 0 bridgehead atoms. The maximum absolute atomic E-state index is 13.9. The predicted octanol–water partition coefficient (Wildman–Crippen LogP) is 5.92. The van der Waals surface area contributed by atoms with Crippen LogP contribution in [0.3, 0.4) is 0 Å². The average molecular weight is 837 g/mol. The van der Waals surface area contributed by atoms with E-state index >= 15 is 0 Å². The molecule has 0 aliphatic carbocycles. The van der Waals surface area contributed by atoms with Crippen molar-refractivity contribution in [2.75, 3.05) is 27.9 Å². The number of benzene rings is 3. The number of alkyl carbamates (subject to hydrolysis) is 1. The van der Waals surface area contributed by atoms with Crippen molar-refractivity contribution < 1.29 is 38.4 Å². The fourth-order valence-electron chi connectivity index (χ4n) is 9.27. The Bertz CT molecular complexity index is 2450. The monoisotopic (exact) mass is 836 g/mol. The van der Waals surface area contributed by atoms with Crippen molar-refractivity contribution >= 4 is 39.7 Å². The zero-order valence-electron chi connectivity index (χ0n) is 35.9. The average Bonchev–Trinajstić information content (AvgIpc) is 4.08. The number of imidazole rings is 2. The first kappa shape index (κ1) is 42.2. The number of hydrogen-bond donors (Lipinski definition) is 5. The van der Waals surface area contributed by atoms with Crippen molar-refractivity contribution in [2.45, 2.75) is 103 Å². The van der Waals surface area contributed by atoms with Crippen molar-refractivity contribution in [1.29, 1.82) is 0 Å². The van der Waals surface area contributed by atoms with Crippen molar-refractivity contribution in [2.24, 2.45) is 11.8 Å². The number of nitrogens with one attached hydrogen (secondary N) is 4. The first-order valence-corrected chi connectivity index (χ1v) is 21.0. The molecule has 5 heterocycles. The fraction of sp³-hybridized carbons (Fsp3) is 0.489. The Balaban J connectivity index is 1.04. The number of carbonyl (C=O) groups is 3. The lowest BCUT2D eigenvalue weighted by atomic mass is 9.92. The minimum Gasteiger partial charge on any atom is -0.488 e. The largest absolute Gasteiger partial charge is 0.488 e. The standard InChI is InChI=1S/C45H56N8O8/c1-22(2)37(50-44(56)59-7)42(54)52-20-23(3)15-35(52)41-47-32-13-11-26-17-31-29-12-10-27(16-28(29)21-61-36(31)18-30(26)39(32)49-41)33-19-46-40(48-33)34-14-9-24(4)53(34)43(55)38(25(5)58-6)51-45(57)60-8/h10-13,16-19,22-25,34-35,37-38,44,50,56H,9,14-15,20-21H2,1-8H3,(H,46,48)(H,47,49)(H,51,57)/t23-,24-,25+,34-,35-,37-,38-,44?/m0/s1. The molecule has 2 saturated heterocycles. The molecule has 5 aromatic rings. The molecule has 8 rings (SSSR count). The number of aromatic nitrogens is 4. The molecular formula is C45H56N8O8. The van der Waals surface area contributed by atoms with E-state index in [-0.39, 0.29) is 41.8 Å². The summed E-state index contributed by atoms with van der Waals surface area (Å²) < 4.78 is 21.7. The van der Waals surface area contributed by atoms with E-state index in [2.05, 4.69) is 63.9 Å². The number of likely N-dealkylation sites (tertiary alicyclic amines) is 2. The van der Waals surface area contributed by atoms with Crippen LogP contribution in [0.2, 0.25) is 0 Å². The first-order chi connectivity index (χ1) is 29.3. The molecule has 5 N–H and O–H groups in total. The van der Waals surface area contributed by atoms with Crippen molar-refractivity contribution in [3.8, 4) is 28.1 Å². The predicted molar refractivity (Wildman–Crippen MR) is 228 cm³/mol. The van der Waals surface area contributed by atoms with Gasteiger partial charge in [-0.25, -0.2) is 14.8 Å². The van der Waals surface area contributed by atoms with Crippen molar-refractivity contribution in [1.82, 2.24) is 40.4 Å². The Kier molecular flexibility index (Phi) is 11.8. The highest BCUT2D eigenvalue weighted by Crippen LogP contribution is 2.44. The van der Waals surface area contributed by atoms with E-state index in [4.69, 9.17) is 28.9 Å². The van der Waals surface area contributed by atoms with Crippen LogP contribution in [0, 0.1) is 11.8 Å². The number of aliphatic hydroxyl groups excluding tert-OH is 1. The number of methoxy groups -OCH3 is 3. The van der Waals surface area contributed by atoms with Crippen LogP contribution in [-0.2, 0) is 30.4 Å². The van der Waals surface area contributed by atoms with E-state index in [0.717, 1.165) is 80.6 Å². The van der Waals surface area contributed by atoms with Gasteiger partial charge in [0.1, 0.15) is 30.0 Å². The molecule has 3 amide bonds. The molecule has 0 spiro atoms. The SMILES string of the molecule is COC(=O)N[C@H](C(=O)N1[C@@H](C)CC[C@H]1c1ncc(-c2ccc3c(c2)COc2cc4c(ccc5nc([C@@H]6C[C@H](C)CN6C(=O)[C@@H](NC(O)OC)C(C)C)[nH]c54)cc2-3)[nH]1)[C@@H](C)OC. The van der Waals surface area contributed by atoms with Crippen LogP contribution in [0.15, 0.2) is 48.7 Å². The number of H-pyrrole nitrogens is 2. The van der Waals surface area contributed by atoms with Gasteiger partial charge in [0.25, 0.3) is 0 Å². The molecule has 0 radical (unpaired) electrons. The lowest BCUT2D eigenvalue weighted by molar-refractivity contribution is -0.145. The topological polar surface area (TPSA) is 196 Å². The number of carbonyl (C=O) groups excluding carboxylic acids is 3. The third kappa shape index (κ3) is 7.93. The molecule has 324 valence electrons. The van der Waals surface area contributed by atoms with Crippen LogP contribution < -0.4 is 15.4 Å². The van der Waals surface area contributed by atoms with Gasteiger partial charge in [-0.2, -0.15) is 0 Å². The summed E-state index contributed by atoms with van der Waals surface area (Å²) in [6, 6.07) is 12.5. The van der Waals surface area contributed by atoms with Gasteiger partial charge in [0.05, 0.1) is 54.3 Å². The van der Waals surface area contributed by atoms with Gasteiger partial charge in [-0.3, -0.25) is 14.9 Å². The highest BCUT2D eigenvalue weighted by Gasteiger charge is 2.43. The summed E-state index contributed by atoms with van der Waals surface area (Å²) in [7, 11) is 4.16. The Morgan fingerprint density at radius 2 is 1.72 bits per heavy atom. The summed E-state index contributed by atoms with van der Waals surface area (Å²) in [5, 5.41) is 17.7. The summed E-state index contributed by atoms with van der Waals surface area (Å²) in [6.07, 6.45) is 1.54. The molecule has 1 unspecified atom stereocenters. The summed E-state index contributed by atoms with van der Waals surface area (Å²) in [4.78, 5) is 60.6. The van der Waals surface area contributed by atoms with Crippen LogP contribution in [0.25, 0.3) is 44.2 Å². The number of hydrogen-bond acceptors (Lipinski definition) is 11. The van der Waals surface area contributed by atoms with E-state index in [1.54, 1.807) is 18.0 Å². The van der Waals surface area contributed by atoms with E-state index in [0.29, 0.717) is 19.0 Å². The van der Waals surface area contributed by atoms with E-state index in [1.807, 2.05) is 31.7 Å². The van der Waals surface area contributed by atoms with Gasteiger partial charge in [-0.05, 0) is 91.3 Å². The summed E-state index contributed by atoms with van der Waals surface area (Å²) in [5.41, 5.74) is 6.57. The lowest BCUT2D eigenvalue weighted by Crippen LogP contribution is -2.55. The summed E-state index contributed by atoms with van der Waals surface area (Å²) in [5.74, 6) is 2.03.